The lowest BCUT2D eigenvalue weighted by Crippen LogP contribution is -2.33. The Labute approximate surface area is 78.8 Å². The van der Waals surface area contributed by atoms with E-state index in [1.54, 1.807) is 0 Å². The number of hydrogen-bond donors (Lipinski definition) is 2. The van der Waals surface area contributed by atoms with E-state index in [-0.39, 0.29) is 12.5 Å². The topological polar surface area (TPSA) is 64.4 Å². The van der Waals surface area contributed by atoms with Crippen LogP contribution in [0, 0.1) is 0 Å². The molecule has 0 aliphatic heterocycles. The molecule has 1 fully saturated rings. The maximum absolute atomic E-state index is 10.7. The second-order valence-corrected chi connectivity index (χ2v) is 3.33. The number of hydrogen-bond acceptors (Lipinski definition) is 3. The minimum absolute atomic E-state index is 0.0590. The van der Waals surface area contributed by atoms with Crippen LogP contribution in [0.5, 0.6) is 0 Å². The summed E-state index contributed by atoms with van der Waals surface area (Å²) in [7, 11) is 0. The Kier molecular flexibility index (Phi) is 4.78. The minimum Gasteiger partial charge on any atom is -0.376 e. The summed E-state index contributed by atoms with van der Waals surface area (Å²) >= 11 is 0. The molecule has 76 valence electrons. The van der Waals surface area contributed by atoms with Crippen LogP contribution in [0.15, 0.2) is 0 Å². The zero-order valence-electron chi connectivity index (χ0n) is 7.92. The van der Waals surface area contributed by atoms with E-state index in [1.165, 1.54) is 25.7 Å². The highest BCUT2D eigenvalue weighted by atomic mass is 16.5. The first kappa shape index (κ1) is 10.5. The fraction of sp³-hybridized carbons (Fsp3) is 0.889. The van der Waals surface area contributed by atoms with Crippen molar-refractivity contribution in [3.63, 3.8) is 0 Å². The van der Waals surface area contributed by atoms with E-state index in [0.29, 0.717) is 19.3 Å². The minimum atomic E-state index is -0.116. The number of carbonyl (C=O) groups is 1. The summed E-state index contributed by atoms with van der Waals surface area (Å²) < 4.78 is 5.54. The lowest BCUT2D eigenvalue weighted by molar-refractivity contribution is -0.120. The third-order valence-electron chi connectivity index (χ3n) is 2.27. The Morgan fingerprint density at radius 2 is 2.15 bits per heavy atom. The van der Waals surface area contributed by atoms with Gasteiger partial charge in [-0.25, -0.2) is 0 Å². The number of rotatable bonds is 5. The van der Waals surface area contributed by atoms with Crippen molar-refractivity contribution < 1.29 is 9.53 Å². The van der Waals surface area contributed by atoms with Crippen LogP contribution in [0.25, 0.3) is 0 Å². The molecule has 0 spiro atoms. The standard InChI is InChI=1S/C9H18N2O2/c10-7-9(12)11-5-6-13-8-3-1-2-4-8/h8H,1-7,10H2,(H,11,12). The third-order valence-corrected chi connectivity index (χ3v) is 2.27. The Balaban J connectivity index is 1.91. The van der Waals surface area contributed by atoms with Crippen molar-refractivity contribution in [3.8, 4) is 0 Å². The molecule has 0 unspecified atom stereocenters. The summed E-state index contributed by atoms with van der Waals surface area (Å²) in [5, 5.41) is 2.67. The molecule has 1 rings (SSSR count). The van der Waals surface area contributed by atoms with Gasteiger partial charge in [0.15, 0.2) is 0 Å². The van der Waals surface area contributed by atoms with Gasteiger partial charge in [0, 0.05) is 6.54 Å². The van der Waals surface area contributed by atoms with Crippen molar-refractivity contribution in [2.45, 2.75) is 31.8 Å². The first-order valence-electron chi connectivity index (χ1n) is 4.91. The van der Waals surface area contributed by atoms with E-state index in [2.05, 4.69) is 5.32 Å². The van der Waals surface area contributed by atoms with Crippen molar-refractivity contribution in [2.75, 3.05) is 19.7 Å². The summed E-state index contributed by atoms with van der Waals surface area (Å²) in [6.07, 6.45) is 5.32. The molecular weight excluding hydrogens is 168 g/mol. The summed E-state index contributed by atoms with van der Waals surface area (Å²) in [5.74, 6) is -0.116. The van der Waals surface area contributed by atoms with Gasteiger partial charge in [-0.3, -0.25) is 4.79 Å². The SMILES string of the molecule is NCC(=O)NCCOC1CCCC1. The summed E-state index contributed by atoms with van der Waals surface area (Å²) in [6, 6.07) is 0. The fourth-order valence-electron chi connectivity index (χ4n) is 1.54. The molecule has 0 atom stereocenters. The molecule has 13 heavy (non-hydrogen) atoms. The van der Waals surface area contributed by atoms with E-state index in [0.717, 1.165) is 0 Å². The van der Waals surface area contributed by atoms with Crippen LogP contribution >= 0.6 is 0 Å². The largest absolute Gasteiger partial charge is 0.376 e. The maximum atomic E-state index is 10.7. The molecule has 0 aromatic heterocycles. The van der Waals surface area contributed by atoms with Crippen LogP contribution < -0.4 is 11.1 Å². The molecule has 1 aliphatic carbocycles. The molecule has 3 N–H and O–H groups in total. The van der Waals surface area contributed by atoms with Crippen molar-refractivity contribution in [1.29, 1.82) is 0 Å². The van der Waals surface area contributed by atoms with Crippen LogP contribution in [-0.4, -0.2) is 31.7 Å². The highest BCUT2D eigenvalue weighted by molar-refractivity contribution is 5.77. The number of nitrogens with two attached hydrogens (primary N) is 1. The van der Waals surface area contributed by atoms with Crippen LogP contribution in [-0.2, 0) is 9.53 Å². The zero-order valence-corrected chi connectivity index (χ0v) is 7.92. The first-order chi connectivity index (χ1) is 6.33. The molecule has 1 saturated carbocycles. The highest BCUT2D eigenvalue weighted by Gasteiger charge is 2.14. The summed E-state index contributed by atoms with van der Waals surface area (Å²) in [6.45, 7) is 1.24. The van der Waals surface area contributed by atoms with Gasteiger partial charge in [-0.15, -0.1) is 0 Å². The van der Waals surface area contributed by atoms with Crippen LogP contribution in [0.1, 0.15) is 25.7 Å². The van der Waals surface area contributed by atoms with Crippen molar-refractivity contribution in [3.05, 3.63) is 0 Å². The Morgan fingerprint density at radius 1 is 1.46 bits per heavy atom. The molecule has 1 aliphatic rings. The van der Waals surface area contributed by atoms with Gasteiger partial charge in [-0.1, -0.05) is 12.8 Å². The second kappa shape index (κ2) is 5.94. The Bertz CT molecular complexity index is 156. The van der Waals surface area contributed by atoms with E-state index in [1.807, 2.05) is 0 Å². The first-order valence-corrected chi connectivity index (χ1v) is 4.91. The molecular formula is C9H18N2O2. The van der Waals surface area contributed by atoms with Gasteiger partial charge in [0.25, 0.3) is 0 Å². The average Bonchev–Trinajstić information content (AvgIpc) is 2.64. The van der Waals surface area contributed by atoms with Crippen LogP contribution in [0.2, 0.25) is 0 Å². The molecule has 0 radical (unpaired) electrons. The van der Waals surface area contributed by atoms with E-state index in [4.69, 9.17) is 10.5 Å². The molecule has 0 bridgehead atoms. The van der Waals surface area contributed by atoms with E-state index < -0.39 is 0 Å². The number of carbonyl (C=O) groups excluding carboxylic acids is 1. The monoisotopic (exact) mass is 186 g/mol. The molecule has 4 nitrogen and oxygen atoms in total. The summed E-state index contributed by atoms with van der Waals surface area (Å²) in [4.78, 5) is 10.7. The molecule has 0 heterocycles. The lowest BCUT2D eigenvalue weighted by Gasteiger charge is -2.10. The van der Waals surface area contributed by atoms with Crippen molar-refractivity contribution >= 4 is 5.91 Å². The average molecular weight is 186 g/mol. The smallest absolute Gasteiger partial charge is 0.233 e. The Morgan fingerprint density at radius 3 is 2.77 bits per heavy atom. The number of amides is 1. The molecule has 4 heteroatoms. The molecule has 1 amide bonds. The van der Waals surface area contributed by atoms with Gasteiger partial charge in [0.05, 0.1) is 19.3 Å². The highest BCUT2D eigenvalue weighted by Crippen LogP contribution is 2.20. The quantitative estimate of drug-likeness (QED) is 0.595. The summed E-state index contributed by atoms with van der Waals surface area (Å²) in [5.41, 5.74) is 5.12. The van der Waals surface area contributed by atoms with Gasteiger partial charge in [-0.2, -0.15) is 0 Å². The predicted molar refractivity (Wildman–Crippen MR) is 50.3 cm³/mol. The van der Waals surface area contributed by atoms with Gasteiger partial charge in [0.1, 0.15) is 0 Å². The van der Waals surface area contributed by atoms with Crippen molar-refractivity contribution in [1.82, 2.24) is 5.32 Å². The molecule has 0 aromatic rings. The van der Waals surface area contributed by atoms with Gasteiger partial charge < -0.3 is 15.8 Å². The zero-order chi connectivity index (χ0) is 9.52. The van der Waals surface area contributed by atoms with Gasteiger partial charge >= 0.3 is 0 Å². The molecule has 0 saturated heterocycles. The van der Waals surface area contributed by atoms with E-state index >= 15 is 0 Å². The third kappa shape index (κ3) is 4.24. The predicted octanol–water partition coefficient (Wildman–Crippen LogP) is 0.0205. The van der Waals surface area contributed by atoms with Gasteiger partial charge in [-0.05, 0) is 12.8 Å². The van der Waals surface area contributed by atoms with Crippen LogP contribution in [0.3, 0.4) is 0 Å². The van der Waals surface area contributed by atoms with Gasteiger partial charge in [0.2, 0.25) is 5.91 Å². The Hall–Kier alpha value is -0.610. The van der Waals surface area contributed by atoms with Crippen molar-refractivity contribution in [2.24, 2.45) is 5.73 Å². The fourth-order valence-corrected chi connectivity index (χ4v) is 1.54. The van der Waals surface area contributed by atoms with Crippen LogP contribution in [0.4, 0.5) is 0 Å². The van der Waals surface area contributed by atoms with E-state index in [9.17, 15) is 4.79 Å². The normalized spacial score (nSPS) is 17.6. The second-order valence-electron chi connectivity index (χ2n) is 3.33. The lowest BCUT2D eigenvalue weighted by atomic mass is 10.3. The number of nitrogens with one attached hydrogen (secondary N) is 1. The maximum Gasteiger partial charge on any atom is 0.233 e. The number of ether oxygens (including phenoxy) is 1. The molecule has 0 aromatic carbocycles.